The van der Waals surface area contributed by atoms with Crippen molar-refractivity contribution in [3.63, 3.8) is 0 Å². The zero-order valence-electron chi connectivity index (χ0n) is 14.4. The van der Waals surface area contributed by atoms with Gasteiger partial charge in [-0.25, -0.2) is 4.79 Å². The number of pyridine rings is 2. The number of halogens is 1. The number of anilines is 2. The third-order valence-electron chi connectivity index (χ3n) is 3.37. The Morgan fingerprint density at radius 3 is 2.67 bits per heavy atom. The molecule has 8 nitrogen and oxygen atoms in total. The Labute approximate surface area is 160 Å². The van der Waals surface area contributed by atoms with Gasteiger partial charge in [0, 0.05) is 17.6 Å². The minimum absolute atomic E-state index is 0.0231. The van der Waals surface area contributed by atoms with Crippen LogP contribution in [0.15, 0.2) is 42.6 Å². The number of hydrogen-bond donors (Lipinski definition) is 2. The molecule has 3 rings (SSSR count). The molecule has 0 atom stereocenters. The number of carbonyl (C=O) groups is 1. The molecule has 0 unspecified atom stereocenters. The van der Waals surface area contributed by atoms with Gasteiger partial charge < -0.3 is 14.8 Å². The number of aryl methyl sites for hydroxylation is 1. The van der Waals surface area contributed by atoms with Crippen LogP contribution in [0.3, 0.4) is 0 Å². The van der Waals surface area contributed by atoms with Crippen molar-refractivity contribution in [1.82, 2.24) is 9.97 Å². The van der Waals surface area contributed by atoms with Crippen molar-refractivity contribution in [2.45, 2.75) is 6.92 Å². The largest absolute Gasteiger partial charge is 0.381 e. The number of aromatic nitrogens is 2. The summed E-state index contributed by atoms with van der Waals surface area (Å²) < 4.78 is 27.1. The molecule has 2 heterocycles. The lowest BCUT2D eigenvalue weighted by Gasteiger charge is -2.11. The predicted molar refractivity (Wildman–Crippen MR) is 104 cm³/mol. The molecule has 0 aliphatic carbocycles. The van der Waals surface area contributed by atoms with Gasteiger partial charge in [-0.05, 0) is 43.3 Å². The molecule has 140 valence electrons. The number of carbonyl (C=O) groups excluding carboxylic acids is 1. The zero-order chi connectivity index (χ0) is 19.6. The Hall–Kier alpha value is -2.91. The van der Waals surface area contributed by atoms with E-state index < -0.39 is 16.1 Å². The Bertz CT molecular complexity index is 1130. The molecule has 0 spiro atoms. The SMILES string of the molecule is Cc1cc(NC(=O)Nc2ccc(OS(C)(=O)=O)c(Cl)c2)c2ncccc2n1. The summed E-state index contributed by atoms with van der Waals surface area (Å²) in [5.41, 5.74) is 2.84. The highest BCUT2D eigenvalue weighted by atomic mass is 35.5. The lowest BCUT2D eigenvalue weighted by molar-refractivity contribution is 0.262. The van der Waals surface area contributed by atoms with Gasteiger partial charge in [0.1, 0.15) is 5.52 Å². The first-order valence-electron chi connectivity index (χ1n) is 7.71. The van der Waals surface area contributed by atoms with Crippen LogP contribution in [0.1, 0.15) is 5.69 Å². The van der Waals surface area contributed by atoms with Crippen LogP contribution in [0, 0.1) is 6.92 Å². The first kappa shape index (κ1) is 18.9. The van der Waals surface area contributed by atoms with Crippen LogP contribution in [0.2, 0.25) is 5.02 Å². The molecule has 2 N–H and O–H groups in total. The van der Waals surface area contributed by atoms with Crippen molar-refractivity contribution in [2.24, 2.45) is 0 Å². The van der Waals surface area contributed by atoms with Crippen LogP contribution in [0.4, 0.5) is 16.2 Å². The number of amides is 2. The van der Waals surface area contributed by atoms with E-state index in [4.69, 9.17) is 15.8 Å². The Balaban J connectivity index is 1.78. The predicted octanol–water partition coefficient (Wildman–Crippen LogP) is 3.57. The van der Waals surface area contributed by atoms with Crippen molar-refractivity contribution in [2.75, 3.05) is 16.9 Å². The minimum Gasteiger partial charge on any atom is -0.381 e. The number of benzene rings is 1. The van der Waals surface area contributed by atoms with Crippen LogP contribution in [-0.2, 0) is 10.1 Å². The van der Waals surface area contributed by atoms with Gasteiger partial charge in [-0.15, -0.1) is 0 Å². The summed E-state index contributed by atoms with van der Waals surface area (Å²) in [4.78, 5) is 20.9. The van der Waals surface area contributed by atoms with Crippen molar-refractivity contribution in [1.29, 1.82) is 0 Å². The summed E-state index contributed by atoms with van der Waals surface area (Å²) in [6, 6.07) is 8.98. The maximum Gasteiger partial charge on any atom is 0.323 e. The third-order valence-corrected chi connectivity index (χ3v) is 4.15. The first-order valence-corrected chi connectivity index (χ1v) is 9.90. The monoisotopic (exact) mass is 406 g/mol. The van der Waals surface area contributed by atoms with Gasteiger partial charge in [-0.3, -0.25) is 9.97 Å². The highest BCUT2D eigenvalue weighted by Crippen LogP contribution is 2.29. The normalized spacial score (nSPS) is 11.2. The molecule has 0 bridgehead atoms. The number of nitrogens with one attached hydrogen (secondary N) is 2. The Morgan fingerprint density at radius 2 is 1.96 bits per heavy atom. The summed E-state index contributed by atoms with van der Waals surface area (Å²) >= 11 is 6.00. The average Bonchev–Trinajstić information content (AvgIpc) is 2.56. The van der Waals surface area contributed by atoms with Crippen LogP contribution in [0.25, 0.3) is 11.0 Å². The fourth-order valence-electron chi connectivity index (χ4n) is 2.38. The summed E-state index contributed by atoms with van der Waals surface area (Å²) in [6.07, 6.45) is 2.53. The van der Waals surface area contributed by atoms with Crippen molar-refractivity contribution >= 4 is 50.2 Å². The van der Waals surface area contributed by atoms with Crippen LogP contribution in [0.5, 0.6) is 5.75 Å². The van der Waals surface area contributed by atoms with Crippen molar-refractivity contribution in [3.05, 3.63) is 53.3 Å². The van der Waals surface area contributed by atoms with E-state index in [9.17, 15) is 13.2 Å². The van der Waals surface area contributed by atoms with Gasteiger partial charge in [0.05, 0.1) is 22.5 Å². The summed E-state index contributed by atoms with van der Waals surface area (Å²) in [7, 11) is -3.70. The summed E-state index contributed by atoms with van der Waals surface area (Å²) in [5.74, 6) is -0.0231. The number of rotatable bonds is 4. The zero-order valence-corrected chi connectivity index (χ0v) is 15.9. The van der Waals surface area contributed by atoms with Crippen LogP contribution in [-0.4, -0.2) is 30.7 Å². The standard InChI is InChI=1S/C17H15ClN4O4S/c1-10-8-14(16-13(20-10)4-3-7-19-16)22-17(23)21-11-5-6-15(12(18)9-11)26-27(2,24)25/h3-9H,1-2H3,(H2,20,21,22,23). The highest BCUT2D eigenvalue weighted by molar-refractivity contribution is 7.86. The van der Waals surface area contributed by atoms with E-state index in [1.165, 1.54) is 18.2 Å². The second-order valence-corrected chi connectivity index (χ2v) is 7.68. The first-order chi connectivity index (χ1) is 12.7. The average molecular weight is 407 g/mol. The molecule has 0 fully saturated rings. The second-order valence-electron chi connectivity index (χ2n) is 5.69. The molecule has 1 aromatic carbocycles. The topological polar surface area (TPSA) is 110 Å². The van der Waals surface area contributed by atoms with Crippen molar-refractivity contribution in [3.8, 4) is 5.75 Å². The molecule has 0 radical (unpaired) electrons. The minimum atomic E-state index is -3.70. The van der Waals surface area contributed by atoms with E-state index in [1.807, 2.05) is 6.92 Å². The van der Waals surface area contributed by atoms with Gasteiger partial charge in [0.2, 0.25) is 0 Å². The van der Waals surface area contributed by atoms with Crippen LogP contribution < -0.4 is 14.8 Å². The molecule has 2 aromatic heterocycles. The third kappa shape index (κ3) is 4.83. The van der Waals surface area contributed by atoms with Gasteiger partial charge in [0.25, 0.3) is 0 Å². The van der Waals surface area contributed by atoms with E-state index >= 15 is 0 Å². The lowest BCUT2D eigenvalue weighted by atomic mass is 10.2. The Morgan fingerprint density at radius 1 is 1.19 bits per heavy atom. The highest BCUT2D eigenvalue weighted by Gasteiger charge is 2.12. The van der Waals surface area contributed by atoms with E-state index in [0.717, 1.165) is 11.9 Å². The second kappa shape index (κ2) is 7.37. The molecular formula is C17H15ClN4O4S. The Kier molecular flexibility index (Phi) is 5.15. The molecule has 0 aliphatic heterocycles. The number of fused-ring (bicyclic) bond motifs is 1. The quantitative estimate of drug-likeness (QED) is 0.641. The molecule has 0 saturated heterocycles. The van der Waals surface area contributed by atoms with Gasteiger partial charge in [-0.2, -0.15) is 8.42 Å². The smallest absolute Gasteiger partial charge is 0.323 e. The van der Waals surface area contributed by atoms with Crippen LogP contribution >= 0.6 is 11.6 Å². The molecule has 27 heavy (non-hydrogen) atoms. The fraction of sp³-hybridized carbons (Fsp3) is 0.118. The number of urea groups is 1. The molecule has 2 amide bonds. The molecule has 3 aromatic rings. The summed E-state index contributed by atoms with van der Waals surface area (Å²) in [6.45, 7) is 1.82. The van der Waals surface area contributed by atoms with E-state index in [1.54, 1.807) is 24.4 Å². The van der Waals surface area contributed by atoms with Gasteiger partial charge in [0.15, 0.2) is 5.75 Å². The maximum atomic E-state index is 12.3. The van der Waals surface area contributed by atoms with E-state index in [0.29, 0.717) is 22.4 Å². The molecule has 10 heteroatoms. The molecule has 0 saturated carbocycles. The summed E-state index contributed by atoms with van der Waals surface area (Å²) in [5, 5.41) is 5.39. The molecular weight excluding hydrogens is 392 g/mol. The maximum absolute atomic E-state index is 12.3. The lowest BCUT2D eigenvalue weighted by Crippen LogP contribution is -2.20. The molecule has 0 aliphatic rings. The van der Waals surface area contributed by atoms with Crippen molar-refractivity contribution < 1.29 is 17.4 Å². The van der Waals surface area contributed by atoms with E-state index in [-0.39, 0.29) is 10.8 Å². The van der Waals surface area contributed by atoms with Gasteiger partial charge in [-0.1, -0.05) is 11.6 Å². The van der Waals surface area contributed by atoms with Gasteiger partial charge >= 0.3 is 16.1 Å². The fourth-order valence-corrected chi connectivity index (χ4v) is 3.12. The van der Waals surface area contributed by atoms with E-state index in [2.05, 4.69) is 20.6 Å². The number of nitrogens with zero attached hydrogens (tertiary/aromatic N) is 2. The number of hydrogen-bond acceptors (Lipinski definition) is 6.